The number of benzene rings is 3. The minimum atomic E-state index is -0.757. The first-order chi connectivity index (χ1) is 17.6. The van der Waals surface area contributed by atoms with E-state index in [1.54, 1.807) is 18.2 Å². The van der Waals surface area contributed by atoms with Gasteiger partial charge in [-0.05, 0) is 40.8 Å². The van der Waals surface area contributed by atoms with Crippen LogP contribution in [0.15, 0.2) is 70.7 Å². The monoisotopic (exact) mass is 713 g/mol. The molecule has 196 valence electrons. The number of hydrogen-bond acceptors (Lipinski definition) is 3. The minimum absolute atomic E-state index is 0. The van der Waals surface area contributed by atoms with E-state index < -0.39 is 29.3 Å². The van der Waals surface area contributed by atoms with Crippen molar-refractivity contribution in [3.8, 4) is 11.3 Å². The summed E-state index contributed by atoms with van der Waals surface area (Å²) in [7, 11) is 0. The Morgan fingerprint density at radius 2 is 1.61 bits per heavy atom. The minimum Gasteiger partial charge on any atom is -0.290 e. The maximum atomic E-state index is 14.7. The van der Waals surface area contributed by atoms with Crippen molar-refractivity contribution in [2.45, 2.75) is 38.3 Å². The molecule has 0 fully saturated rings. The van der Waals surface area contributed by atoms with Crippen LogP contribution in [0.5, 0.6) is 0 Å². The summed E-state index contributed by atoms with van der Waals surface area (Å²) in [5, 5.41) is 1.14. The zero-order valence-corrected chi connectivity index (χ0v) is 23.8. The Bertz CT molecular complexity index is 1530. The average Bonchev–Trinajstić information content (AvgIpc) is 3.15. The molecule has 0 radical (unpaired) electrons. The van der Waals surface area contributed by atoms with E-state index in [-0.39, 0.29) is 37.6 Å². The van der Waals surface area contributed by atoms with E-state index in [0.29, 0.717) is 15.8 Å². The van der Waals surface area contributed by atoms with Gasteiger partial charge in [0.15, 0.2) is 0 Å². The summed E-state index contributed by atoms with van der Waals surface area (Å²) in [6, 6.07) is 19.5. The van der Waals surface area contributed by atoms with Gasteiger partial charge >= 0.3 is 21.1 Å². The topological polar surface area (TPSA) is 25.2 Å². The van der Waals surface area contributed by atoms with Gasteiger partial charge in [-0.15, -0.1) is 24.3 Å². The van der Waals surface area contributed by atoms with E-state index in [0.717, 1.165) is 47.4 Å². The van der Waals surface area contributed by atoms with E-state index in [1.807, 2.05) is 18.2 Å². The molecule has 2 heterocycles. The predicted molar refractivity (Wildman–Crippen MR) is 137 cm³/mol. The molecule has 8 heteroatoms. The van der Waals surface area contributed by atoms with Crippen LogP contribution in [0.1, 0.15) is 49.1 Å². The van der Waals surface area contributed by atoms with Gasteiger partial charge in [-0.2, -0.15) is 6.07 Å². The molecule has 1 aliphatic heterocycles. The van der Waals surface area contributed by atoms with Crippen LogP contribution in [0.25, 0.3) is 11.3 Å². The molecule has 2 nitrogen and oxygen atoms in total. The predicted octanol–water partition coefficient (Wildman–Crippen LogP) is 8.13. The summed E-state index contributed by atoms with van der Waals surface area (Å²) in [6.07, 6.45) is 0.827. The molecule has 0 aliphatic carbocycles. The van der Waals surface area contributed by atoms with Crippen LogP contribution < -0.4 is 0 Å². The van der Waals surface area contributed by atoms with Gasteiger partial charge < -0.3 is 0 Å². The summed E-state index contributed by atoms with van der Waals surface area (Å²) >= 11 is 1.26. The Labute approximate surface area is 237 Å². The smallest absolute Gasteiger partial charge is 0.290 e. The maximum absolute atomic E-state index is 14.7. The number of pyridine rings is 1. The van der Waals surface area contributed by atoms with Gasteiger partial charge in [0.25, 0.3) is 0 Å². The molecule has 1 atom stereocenters. The number of hydrogen-bond donors (Lipinski definition) is 0. The fourth-order valence-electron chi connectivity index (χ4n) is 4.32. The molecule has 1 unspecified atom stereocenters. The van der Waals surface area contributed by atoms with Gasteiger partial charge in [0.2, 0.25) is 0 Å². The van der Waals surface area contributed by atoms with Crippen molar-refractivity contribution < 1.29 is 38.6 Å². The van der Waals surface area contributed by atoms with Crippen LogP contribution >= 0.6 is 11.8 Å². The summed E-state index contributed by atoms with van der Waals surface area (Å²) < 4.78 is 56.0. The Balaban J connectivity index is 0.00000336. The van der Waals surface area contributed by atoms with Crippen molar-refractivity contribution in [1.82, 2.24) is 4.98 Å². The normalized spacial score (nSPS) is 14.6. The van der Waals surface area contributed by atoms with Crippen molar-refractivity contribution in [2.75, 3.05) is 0 Å². The molecule has 5 rings (SSSR count). The third kappa shape index (κ3) is 6.10. The number of rotatable bonds is 4. The number of fused-ring (bicyclic) bond motifs is 1. The van der Waals surface area contributed by atoms with Crippen LogP contribution in [-0.2, 0) is 27.5 Å². The van der Waals surface area contributed by atoms with Gasteiger partial charge in [0.05, 0.1) is 11.1 Å². The summed E-state index contributed by atoms with van der Waals surface area (Å²) in [4.78, 5) is 9.33. The first-order valence-corrected chi connectivity index (χ1v) is 12.5. The van der Waals surface area contributed by atoms with Crippen molar-refractivity contribution >= 4 is 16.8 Å². The second kappa shape index (κ2) is 11.2. The molecule has 4 aromatic rings. The van der Waals surface area contributed by atoms with Crippen LogP contribution in [0, 0.1) is 40.8 Å². The Morgan fingerprint density at radius 3 is 2.29 bits per heavy atom. The largest absolute Gasteiger partial charge is 2.00 e. The van der Waals surface area contributed by atoms with Gasteiger partial charge in [0.1, 0.15) is 5.04 Å². The van der Waals surface area contributed by atoms with Crippen molar-refractivity contribution in [3.05, 3.63) is 118 Å². The molecule has 0 spiro atoms. The molecule has 0 N–H and O–H groups in total. The third-order valence-corrected chi connectivity index (χ3v) is 6.78. The van der Waals surface area contributed by atoms with Crippen LogP contribution in [0.3, 0.4) is 0 Å². The molecular weight excluding hydrogens is 691 g/mol. The maximum Gasteiger partial charge on any atom is 2.00 e. The van der Waals surface area contributed by atoms with Crippen LogP contribution in [-0.4, -0.2) is 10.0 Å². The molecule has 38 heavy (non-hydrogen) atoms. The fourth-order valence-corrected chi connectivity index (χ4v) is 5.26. The molecule has 0 amide bonds. The molecular formula is C30H22F4N2PtS. The number of halogens is 4. The number of thioether (sulfide) groups is 1. The first-order valence-electron chi connectivity index (χ1n) is 11.7. The Hall–Kier alpha value is -2.76. The molecule has 3 aromatic carbocycles. The zero-order valence-electron chi connectivity index (χ0n) is 20.7. The van der Waals surface area contributed by atoms with Crippen molar-refractivity contribution in [3.63, 3.8) is 0 Å². The second-order valence-electron chi connectivity index (χ2n) is 10.1. The van der Waals surface area contributed by atoms with E-state index in [9.17, 15) is 17.6 Å². The van der Waals surface area contributed by atoms with E-state index in [2.05, 4.69) is 37.9 Å². The van der Waals surface area contributed by atoms with Gasteiger partial charge in [-0.1, -0.05) is 74.0 Å². The zero-order chi connectivity index (χ0) is 26.3. The van der Waals surface area contributed by atoms with E-state index in [1.165, 1.54) is 11.8 Å². The molecule has 0 saturated carbocycles. The quantitative estimate of drug-likeness (QED) is 0.158. The third-order valence-electron chi connectivity index (χ3n) is 5.82. The number of aromatic nitrogens is 1. The van der Waals surface area contributed by atoms with Crippen LogP contribution in [0.2, 0.25) is 0 Å². The fraction of sp³-hybridized carbons (Fsp3) is 0.200. The SMILES string of the molecule is CC(C)(C)Cc1ccc2c(c1)C(Sc1cccc(-c3[c-]cc(F)cc3F)n1)=NC2c1[c-]cc(F)cc1F.[Pt+2]. The molecule has 0 bridgehead atoms. The summed E-state index contributed by atoms with van der Waals surface area (Å²) in [5.41, 5.74) is 3.30. The Kier molecular flexibility index (Phi) is 8.29. The number of nitrogens with zero attached hydrogens (tertiary/aromatic N) is 2. The summed E-state index contributed by atoms with van der Waals surface area (Å²) in [5.74, 6) is -2.89. The van der Waals surface area contributed by atoms with E-state index in [4.69, 9.17) is 4.99 Å². The van der Waals surface area contributed by atoms with Gasteiger partial charge in [-0.25, -0.2) is 0 Å². The van der Waals surface area contributed by atoms with Crippen LogP contribution in [0.4, 0.5) is 17.6 Å². The molecule has 1 aromatic heterocycles. The van der Waals surface area contributed by atoms with E-state index >= 15 is 0 Å². The van der Waals surface area contributed by atoms with Gasteiger partial charge in [-0.3, -0.25) is 27.5 Å². The summed E-state index contributed by atoms with van der Waals surface area (Å²) in [6.45, 7) is 6.45. The molecule has 1 aliphatic rings. The molecule has 0 saturated heterocycles. The van der Waals surface area contributed by atoms with Crippen molar-refractivity contribution in [2.24, 2.45) is 10.4 Å². The first kappa shape index (κ1) is 28.3. The standard InChI is InChI=1S/C30H22F4N2S.Pt/c1-30(2,3)16-17-7-10-20-23(13-17)29(36-28(20)22-12-9-19(32)15-25(22)34)37-27-6-4-5-26(35-27)21-11-8-18(31)14-24(21)33;/h4-10,13-15,28H,16H2,1-3H3;/q-2;+2. The average molecular weight is 714 g/mol. The number of aliphatic imine (C=N–C) groups is 1. The van der Waals surface area contributed by atoms with Crippen molar-refractivity contribution in [1.29, 1.82) is 0 Å². The second-order valence-corrected chi connectivity index (χ2v) is 11.1. The Morgan fingerprint density at radius 1 is 0.895 bits per heavy atom. The van der Waals surface area contributed by atoms with Gasteiger partial charge in [0, 0.05) is 28.8 Å².